The van der Waals surface area contributed by atoms with Crippen LogP contribution in [0.2, 0.25) is 0 Å². The molecule has 28 heavy (non-hydrogen) atoms. The van der Waals surface area contributed by atoms with Gasteiger partial charge in [0.05, 0.1) is 7.11 Å². The Kier molecular flexibility index (Phi) is 7.63. The van der Waals surface area contributed by atoms with Crippen molar-refractivity contribution in [2.45, 2.75) is 19.2 Å². The molecule has 0 fully saturated rings. The predicted octanol–water partition coefficient (Wildman–Crippen LogP) is 5.37. The number of ketones is 1. The Morgan fingerprint density at radius 2 is 1.75 bits per heavy atom. The van der Waals surface area contributed by atoms with E-state index in [1.165, 1.54) is 31.4 Å². The summed E-state index contributed by atoms with van der Waals surface area (Å²) in [5, 5.41) is 0. The lowest BCUT2D eigenvalue weighted by atomic mass is 10.0. The molecule has 0 aliphatic heterocycles. The van der Waals surface area contributed by atoms with Crippen LogP contribution in [-0.4, -0.2) is 33.0 Å². The highest BCUT2D eigenvalue weighted by Gasteiger charge is 2.30. The Morgan fingerprint density at radius 1 is 1.04 bits per heavy atom. The van der Waals surface area contributed by atoms with Gasteiger partial charge in [0, 0.05) is 31.3 Å². The summed E-state index contributed by atoms with van der Waals surface area (Å²) in [5.41, 5.74) is 1.93. The predicted molar refractivity (Wildman–Crippen MR) is 100 cm³/mol. The number of alkyl halides is 3. The van der Waals surface area contributed by atoms with Crippen LogP contribution in [0.1, 0.15) is 34.3 Å². The van der Waals surface area contributed by atoms with E-state index in [-0.39, 0.29) is 11.5 Å². The molecule has 4 nitrogen and oxygen atoms in total. The summed E-state index contributed by atoms with van der Waals surface area (Å²) in [4.78, 5) is 12.3. The highest BCUT2D eigenvalue weighted by molar-refractivity contribution is 5.97. The van der Waals surface area contributed by atoms with Crippen molar-refractivity contribution < 1.29 is 32.2 Å². The van der Waals surface area contributed by atoms with E-state index in [2.05, 4.69) is 4.74 Å². The molecule has 0 unspecified atom stereocenters. The lowest BCUT2D eigenvalue weighted by molar-refractivity contribution is -0.274. The molecule has 0 N–H and O–H groups in total. The standard InChI is InChI=1S/C21H21F3O4/c1-26-13-3-4-19(25)16-9-12-20(27-2)17(14-16)8-5-15-6-10-18(11-7-15)28-21(22,23)24/h5-12,14H,3-4,13H2,1-2H3/b8-5+. The van der Waals surface area contributed by atoms with Crippen molar-refractivity contribution >= 4 is 17.9 Å². The van der Waals surface area contributed by atoms with E-state index >= 15 is 0 Å². The first-order valence-corrected chi connectivity index (χ1v) is 8.56. The monoisotopic (exact) mass is 394 g/mol. The average Bonchev–Trinajstić information content (AvgIpc) is 2.66. The van der Waals surface area contributed by atoms with Gasteiger partial charge in [-0.05, 0) is 42.3 Å². The molecule has 7 heteroatoms. The molecule has 2 aromatic rings. The first-order chi connectivity index (χ1) is 13.3. The fourth-order valence-corrected chi connectivity index (χ4v) is 2.53. The van der Waals surface area contributed by atoms with Gasteiger partial charge in [0.2, 0.25) is 0 Å². The summed E-state index contributed by atoms with van der Waals surface area (Å²) in [6, 6.07) is 10.6. The van der Waals surface area contributed by atoms with Crippen molar-refractivity contribution in [2.75, 3.05) is 20.8 Å². The first kappa shape index (κ1) is 21.5. The van der Waals surface area contributed by atoms with Crippen LogP contribution in [0.3, 0.4) is 0 Å². The molecule has 0 heterocycles. The molecule has 150 valence electrons. The average molecular weight is 394 g/mol. The third kappa shape index (κ3) is 6.74. The van der Waals surface area contributed by atoms with Crippen LogP contribution in [0.5, 0.6) is 11.5 Å². The van der Waals surface area contributed by atoms with Crippen LogP contribution in [-0.2, 0) is 4.74 Å². The summed E-state index contributed by atoms with van der Waals surface area (Å²) >= 11 is 0. The molecule has 0 aromatic heterocycles. The molecule has 0 saturated carbocycles. The molecular weight excluding hydrogens is 373 g/mol. The summed E-state index contributed by atoms with van der Waals surface area (Å²) < 4.78 is 50.8. The van der Waals surface area contributed by atoms with E-state index in [1.807, 2.05) is 0 Å². The highest BCUT2D eigenvalue weighted by atomic mass is 19.4. The molecule has 2 rings (SSSR count). The van der Waals surface area contributed by atoms with Crippen LogP contribution in [0, 0.1) is 0 Å². The van der Waals surface area contributed by atoms with Gasteiger partial charge < -0.3 is 14.2 Å². The lowest BCUT2D eigenvalue weighted by Crippen LogP contribution is -2.16. The molecule has 0 amide bonds. The smallest absolute Gasteiger partial charge is 0.496 e. The minimum absolute atomic E-state index is 0.00278. The largest absolute Gasteiger partial charge is 0.573 e. The molecule has 0 aliphatic rings. The topological polar surface area (TPSA) is 44.8 Å². The fourth-order valence-electron chi connectivity index (χ4n) is 2.53. The number of rotatable bonds is 9. The van der Waals surface area contributed by atoms with E-state index in [9.17, 15) is 18.0 Å². The van der Waals surface area contributed by atoms with Crippen LogP contribution in [0.4, 0.5) is 13.2 Å². The summed E-state index contributed by atoms with van der Waals surface area (Å²) in [7, 11) is 3.11. The molecule has 0 aliphatic carbocycles. The Hall–Kier alpha value is -2.80. The number of methoxy groups -OCH3 is 2. The number of benzene rings is 2. The van der Waals surface area contributed by atoms with Crippen molar-refractivity contribution in [1.29, 1.82) is 0 Å². The van der Waals surface area contributed by atoms with Gasteiger partial charge in [0.15, 0.2) is 5.78 Å². The summed E-state index contributed by atoms with van der Waals surface area (Å²) in [5.74, 6) is 0.301. The quantitative estimate of drug-likeness (QED) is 0.326. The normalized spacial score (nSPS) is 11.6. The minimum Gasteiger partial charge on any atom is -0.496 e. The number of Topliss-reactive ketones (excluding diaryl/α,β-unsaturated/α-hetero) is 1. The fraction of sp³-hybridized carbons (Fsp3) is 0.286. The van der Waals surface area contributed by atoms with Crippen LogP contribution < -0.4 is 9.47 Å². The third-order valence-corrected chi connectivity index (χ3v) is 3.87. The zero-order valence-corrected chi connectivity index (χ0v) is 15.6. The first-order valence-electron chi connectivity index (χ1n) is 8.56. The van der Waals surface area contributed by atoms with E-state index < -0.39 is 6.36 Å². The van der Waals surface area contributed by atoms with Crippen LogP contribution in [0.25, 0.3) is 12.2 Å². The molecule has 0 bridgehead atoms. The second-order valence-corrected chi connectivity index (χ2v) is 5.93. The van der Waals surface area contributed by atoms with Gasteiger partial charge >= 0.3 is 6.36 Å². The van der Waals surface area contributed by atoms with E-state index in [0.29, 0.717) is 41.9 Å². The van der Waals surface area contributed by atoms with Crippen LogP contribution >= 0.6 is 0 Å². The van der Waals surface area contributed by atoms with Crippen molar-refractivity contribution in [3.8, 4) is 11.5 Å². The Morgan fingerprint density at radius 3 is 2.36 bits per heavy atom. The second kappa shape index (κ2) is 9.94. The molecule has 0 saturated heterocycles. The van der Waals surface area contributed by atoms with E-state index in [1.54, 1.807) is 37.5 Å². The highest BCUT2D eigenvalue weighted by Crippen LogP contribution is 2.25. The number of hydrogen-bond donors (Lipinski definition) is 0. The van der Waals surface area contributed by atoms with Gasteiger partial charge in [-0.25, -0.2) is 0 Å². The second-order valence-electron chi connectivity index (χ2n) is 5.93. The zero-order chi connectivity index (χ0) is 20.6. The lowest BCUT2D eigenvalue weighted by Gasteiger charge is -2.09. The Bertz CT molecular complexity index is 811. The number of ether oxygens (including phenoxy) is 3. The molecule has 0 spiro atoms. The van der Waals surface area contributed by atoms with E-state index in [4.69, 9.17) is 9.47 Å². The molecule has 0 radical (unpaired) electrons. The molecule has 2 aromatic carbocycles. The molecular formula is C21H21F3O4. The summed E-state index contributed by atoms with van der Waals surface area (Å²) in [6.45, 7) is 0.517. The molecule has 0 atom stereocenters. The van der Waals surface area contributed by atoms with Gasteiger partial charge in [-0.2, -0.15) is 0 Å². The van der Waals surface area contributed by atoms with Gasteiger partial charge in [-0.1, -0.05) is 24.3 Å². The van der Waals surface area contributed by atoms with Gasteiger partial charge in [0.1, 0.15) is 11.5 Å². The Balaban J connectivity index is 2.15. The van der Waals surface area contributed by atoms with Crippen LogP contribution in [0.15, 0.2) is 42.5 Å². The van der Waals surface area contributed by atoms with Crippen molar-refractivity contribution in [3.05, 3.63) is 59.2 Å². The van der Waals surface area contributed by atoms with Crippen molar-refractivity contribution in [3.63, 3.8) is 0 Å². The zero-order valence-electron chi connectivity index (χ0n) is 15.6. The van der Waals surface area contributed by atoms with E-state index in [0.717, 1.165) is 0 Å². The van der Waals surface area contributed by atoms with Gasteiger partial charge in [-0.3, -0.25) is 4.79 Å². The maximum atomic E-state index is 12.3. The van der Waals surface area contributed by atoms with Gasteiger partial charge in [-0.15, -0.1) is 13.2 Å². The van der Waals surface area contributed by atoms with Crippen molar-refractivity contribution in [2.24, 2.45) is 0 Å². The number of halogens is 3. The Labute approximate surface area is 161 Å². The van der Waals surface area contributed by atoms with Crippen molar-refractivity contribution in [1.82, 2.24) is 0 Å². The maximum absolute atomic E-state index is 12.3. The number of hydrogen-bond acceptors (Lipinski definition) is 4. The summed E-state index contributed by atoms with van der Waals surface area (Å²) in [6.07, 6.45) is -0.247. The maximum Gasteiger partial charge on any atom is 0.573 e. The SMILES string of the molecule is COCCCC(=O)c1ccc(OC)c(/C=C/c2ccc(OC(F)(F)F)cc2)c1. The van der Waals surface area contributed by atoms with Gasteiger partial charge in [0.25, 0.3) is 0 Å². The number of carbonyl (C=O) groups excluding carboxylic acids is 1. The third-order valence-electron chi connectivity index (χ3n) is 3.87. The minimum atomic E-state index is -4.72. The number of carbonyl (C=O) groups is 1.